The molecule has 0 atom stereocenters. The average Bonchev–Trinajstić information content (AvgIpc) is 3.00. The van der Waals surface area contributed by atoms with Crippen LogP contribution in [0, 0.1) is 17.7 Å². The number of amides is 1. The van der Waals surface area contributed by atoms with E-state index in [1.54, 1.807) is 11.0 Å². The van der Waals surface area contributed by atoms with Crippen LogP contribution >= 0.6 is 0 Å². The molecule has 0 bridgehead atoms. The number of halogens is 1. The zero-order valence-electron chi connectivity index (χ0n) is 12.2. The summed E-state index contributed by atoms with van der Waals surface area (Å²) in [6, 6.07) is 4.58. The van der Waals surface area contributed by atoms with Crippen molar-refractivity contribution in [1.82, 2.24) is 4.90 Å². The van der Waals surface area contributed by atoms with Crippen LogP contribution in [0.4, 0.5) is 4.39 Å². The number of carbonyl (C=O) groups excluding carboxylic acids is 1. The van der Waals surface area contributed by atoms with Crippen LogP contribution < -0.4 is 0 Å². The van der Waals surface area contributed by atoms with Crippen LogP contribution in [-0.2, 0) is 0 Å². The third-order valence-corrected chi connectivity index (χ3v) is 3.88. The first-order valence-corrected chi connectivity index (χ1v) is 7.37. The summed E-state index contributed by atoms with van der Waals surface area (Å²) in [5, 5.41) is 8.64. The topological polar surface area (TPSA) is 40.5 Å². The van der Waals surface area contributed by atoms with Gasteiger partial charge < -0.3 is 10.0 Å². The second-order valence-corrected chi connectivity index (χ2v) is 5.18. The second-order valence-electron chi connectivity index (χ2n) is 5.18. The van der Waals surface area contributed by atoms with Gasteiger partial charge in [0.25, 0.3) is 5.91 Å². The van der Waals surface area contributed by atoms with Gasteiger partial charge in [-0.15, -0.1) is 0 Å². The number of aliphatic hydroxyl groups excluding tert-OH is 1. The van der Waals surface area contributed by atoms with Crippen molar-refractivity contribution in [2.24, 2.45) is 0 Å². The van der Waals surface area contributed by atoms with Gasteiger partial charge in [-0.25, -0.2) is 4.39 Å². The smallest absolute Gasteiger partial charge is 0.257 e. The van der Waals surface area contributed by atoms with Crippen molar-refractivity contribution in [3.05, 3.63) is 35.1 Å². The number of nitrogens with zero attached hydrogens (tertiary/aromatic N) is 1. The zero-order chi connectivity index (χ0) is 15.2. The van der Waals surface area contributed by atoms with E-state index in [1.165, 1.54) is 12.1 Å². The zero-order valence-corrected chi connectivity index (χ0v) is 12.2. The molecule has 0 spiro atoms. The molecule has 2 rings (SSSR count). The highest BCUT2D eigenvalue weighted by Crippen LogP contribution is 2.25. The Bertz CT molecular complexity index is 568. The van der Waals surface area contributed by atoms with Crippen molar-refractivity contribution in [3.63, 3.8) is 0 Å². The van der Waals surface area contributed by atoms with Gasteiger partial charge in [0.2, 0.25) is 0 Å². The summed E-state index contributed by atoms with van der Waals surface area (Å²) in [6.07, 6.45) is 4.27. The average molecular weight is 289 g/mol. The minimum absolute atomic E-state index is 0.0956. The lowest BCUT2D eigenvalue weighted by Crippen LogP contribution is -2.39. The van der Waals surface area contributed by atoms with Crippen molar-refractivity contribution in [2.75, 3.05) is 13.2 Å². The number of aliphatic hydroxyl groups is 1. The highest BCUT2D eigenvalue weighted by Gasteiger charge is 2.27. The minimum atomic E-state index is -0.554. The maximum absolute atomic E-state index is 14.1. The molecule has 0 unspecified atom stereocenters. The number of hydrogen-bond donors (Lipinski definition) is 1. The normalized spacial score (nSPS) is 14.6. The lowest BCUT2D eigenvalue weighted by atomic mass is 10.1. The maximum atomic E-state index is 14.1. The number of benzene rings is 1. The summed E-state index contributed by atoms with van der Waals surface area (Å²) in [7, 11) is 0. The molecule has 1 aromatic carbocycles. The first kappa shape index (κ1) is 15.5. The Kier molecular flexibility index (Phi) is 5.35. The molecule has 3 nitrogen and oxygen atoms in total. The highest BCUT2D eigenvalue weighted by molar-refractivity contribution is 5.94. The van der Waals surface area contributed by atoms with Gasteiger partial charge in [-0.1, -0.05) is 24.7 Å². The van der Waals surface area contributed by atoms with Crippen LogP contribution in [0.5, 0.6) is 0 Å². The number of hydrogen-bond acceptors (Lipinski definition) is 2. The monoisotopic (exact) mass is 289 g/mol. The standard InChI is InChI=1S/C17H20FNO2/c1-2-19(14-7-3-4-8-14)17(21)15-10-9-13(6-5-11-20)12-16(15)18/h9-10,12,14,20H,2-4,7-8,11H2,1H3. The van der Waals surface area contributed by atoms with Crippen LogP contribution in [0.25, 0.3) is 0 Å². The van der Waals surface area contributed by atoms with Crippen molar-refractivity contribution in [1.29, 1.82) is 0 Å². The Balaban J connectivity index is 2.21. The number of rotatable bonds is 3. The van der Waals surface area contributed by atoms with E-state index in [0.717, 1.165) is 25.7 Å². The molecular weight excluding hydrogens is 269 g/mol. The summed E-state index contributed by atoms with van der Waals surface area (Å²) in [5.74, 6) is 4.30. The Morgan fingerprint density at radius 2 is 2.14 bits per heavy atom. The number of carbonyl (C=O) groups is 1. The van der Waals surface area contributed by atoms with E-state index in [1.807, 2.05) is 6.92 Å². The predicted molar refractivity (Wildman–Crippen MR) is 79.3 cm³/mol. The lowest BCUT2D eigenvalue weighted by molar-refractivity contribution is 0.0689. The Labute approximate surface area is 124 Å². The molecule has 112 valence electrons. The molecule has 0 aliphatic heterocycles. The molecule has 0 heterocycles. The molecule has 0 saturated heterocycles. The summed E-state index contributed by atoms with van der Waals surface area (Å²) < 4.78 is 14.1. The van der Waals surface area contributed by atoms with Gasteiger partial charge in [0.15, 0.2) is 0 Å². The summed E-state index contributed by atoms with van der Waals surface area (Å²) in [4.78, 5) is 14.3. The van der Waals surface area contributed by atoms with Crippen molar-refractivity contribution >= 4 is 5.91 Å². The van der Waals surface area contributed by atoms with Crippen molar-refractivity contribution < 1.29 is 14.3 Å². The molecule has 1 aliphatic carbocycles. The van der Waals surface area contributed by atoms with Crippen LogP contribution in [0.3, 0.4) is 0 Å². The lowest BCUT2D eigenvalue weighted by Gasteiger charge is -2.27. The SMILES string of the molecule is CCN(C(=O)c1ccc(C#CCO)cc1F)C1CCCC1. The highest BCUT2D eigenvalue weighted by atomic mass is 19.1. The Hall–Kier alpha value is -1.86. The fourth-order valence-corrected chi connectivity index (χ4v) is 2.85. The molecule has 1 aromatic rings. The molecule has 4 heteroatoms. The van der Waals surface area contributed by atoms with Crippen LogP contribution in [0.2, 0.25) is 0 Å². The minimum Gasteiger partial charge on any atom is -0.384 e. The summed E-state index contributed by atoms with van der Waals surface area (Å²) in [5.41, 5.74) is 0.556. The van der Waals surface area contributed by atoms with E-state index in [2.05, 4.69) is 11.8 Å². The van der Waals surface area contributed by atoms with E-state index in [9.17, 15) is 9.18 Å². The fourth-order valence-electron chi connectivity index (χ4n) is 2.85. The molecule has 1 aliphatic rings. The van der Waals surface area contributed by atoms with Crippen LogP contribution in [-0.4, -0.2) is 35.1 Å². The third-order valence-electron chi connectivity index (χ3n) is 3.88. The van der Waals surface area contributed by atoms with Crippen LogP contribution in [0.1, 0.15) is 48.5 Å². The van der Waals surface area contributed by atoms with Crippen molar-refractivity contribution in [2.45, 2.75) is 38.6 Å². The van der Waals surface area contributed by atoms with E-state index in [0.29, 0.717) is 12.1 Å². The molecule has 1 fully saturated rings. The fraction of sp³-hybridized carbons (Fsp3) is 0.471. The van der Waals surface area contributed by atoms with Gasteiger partial charge in [0.1, 0.15) is 12.4 Å². The van der Waals surface area contributed by atoms with Gasteiger partial charge in [0, 0.05) is 18.2 Å². The van der Waals surface area contributed by atoms with Gasteiger partial charge >= 0.3 is 0 Å². The van der Waals surface area contributed by atoms with Gasteiger partial charge in [-0.2, -0.15) is 0 Å². The first-order valence-electron chi connectivity index (χ1n) is 7.37. The van der Waals surface area contributed by atoms with Gasteiger partial charge in [-0.3, -0.25) is 4.79 Å². The maximum Gasteiger partial charge on any atom is 0.257 e. The Morgan fingerprint density at radius 1 is 1.43 bits per heavy atom. The molecule has 1 N–H and O–H groups in total. The Morgan fingerprint density at radius 3 is 2.71 bits per heavy atom. The van der Waals surface area contributed by atoms with E-state index >= 15 is 0 Å². The molecule has 21 heavy (non-hydrogen) atoms. The third kappa shape index (κ3) is 3.62. The quantitative estimate of drug-likeness (QED) is 0.869. The van der Waals surface area contributed by atoms with E-state index in [-0.39, 0.29) is 24.1 Å². The van der Waals surface area contributed by atoms with E-state index < -0.39 is 5.82 Å². The molecular formula is C17H20FNO2. The van der Waals surface area contributed by atoms with Gasteiger partial charge in [0.05, 0.1) is 5.56 Å². The summed E-state index contributed by atoms with van der Waals surface area (Å²) >= 11 is 0. The predicted octanol–water partition coefficient (Wildman–Crippen LogP) is 2.57. The molecule has 0 radical (unpaired) electrons. The van der Waals surface area contributed by atoms with Crippen molar-refractivity contribution in [3.8, 4) is 11.8 Å². The molecule has 1 amide bonds. The van der Waals surface area contributed by atoms with Gasteiger partial charge in [-0.05, 0) is 38.0 Å². The van der Waals surface area contributed by atoms with Crippen LogP contribution in [0.15, 0.2) is 18.2 Å². The molecule has 1 saturated carbocycles. The largest absolute Gasteiger partial charge is 0.384 e. The summed E-state index contributed by atoms with van der Waals surface area (Å²) in [6.45, 7) is 2.25. The molecule has 0 aromatic heterocycles. The first-order chi connectivity index (χ1) is 10.2. The van der Waals surface area contributed by atoms with E-state index in [4.69, 9.17) is 5.11 Å². The second kappa shape index (κ2) is 7.24.